The summed E-state index contributed by atoms with van der Waals surface area (Å²) < 4.78 is 14.1. The molecular weight excluding hydrogens is 241 g/mol. The number of rotatable bonds is 2. The number of aliphatic hydroxyl groups is 1. The third-order valence-corrected chi connectivity index (χ3v) is 4.20. The van der Waals surface area contributed by atoms with Gasteiger partial charge in [-0.15, -0.1) is 0 Å². The molecule has 1 N–H and O–H groups in total. The first-order valence-corrected chi connectivity index (χ1v) is 7.02. The first-order valence-electron chi connectivity index (χ1n) is 7.02. The van der Waals surface area contributed by atoms with E-state index < -0.39 is 6.10 Å². The van der Waals surface area contributed by atoms with Crippen molar-refractivity contribution in [3.8, 4) is 0 Å². The van der Waals surface area contributed by atoms with Gasteiger partial charge in [0, 0.05) is 18.7 Å². The molecule has 0 bridgehead atoms. The average molecular weight is 265 g/mol. The van der Waals surface area contributed by atoms with Crippen LogP contribution < -0.4 is 4.90 Å². The lowest BCUT2D eigenvalue weighted by molar-refractivity contribution is 0.199. The second-order valence-corrected chi connectivity index (χ2v) is 6.65. The molecule has 1 fully saturated rings. The van der Waals surface area contributed by atoms with Crippen molar-refractivity contribution in [1.82, 2.24) is 0 Å². The monoisotopic (exact) mass is 265 g/mol. The van der Waals surface area contributed by atoms with Crippen LogP contribution in [-0.2, 0) is 0 Å². The number of hydrogen-bond acceptors (Lipinski definition) is 2. The zero-order valence-electron chi connectivity index (χ0n) is 12.3. The van der Waals surface area contributed by atoms with Crippen LogP contribution in [0.4, 0.5) is 10.1 Å². The maximum absolute atomic E-state index is 14.1. The van der Waals surface area contributed by atoms with Crippen molar-refractivity contribution in [2.24, 2.45) is 11.3 Å². The summed E-state index contributed by atoms with van der Waals surface area (Å²) in [5.41, 5.74) is 1.52. The summed E-state index contributed by atoms with van der Waals surface area (Å²) in [4.78, 5) is 2.09. The summed E-state index contributed by atoms with van der Waals surface area (Å²) in [5, 5.41) is 9.82. The molecule has 106 valence electrons. The minimum absolute atomic E-state index is 0.229. The van der Waals surface area contributed by atoms with Crippen LogP contribution in [0, 0.1) is 17.2 Å². The molecule has 0 saturated carbocycles. The van der Waals surface area contributed by atoms with Gasteiger partial charge in [0.25, 0.3) is 0 Å². The minimum Gasteiger partial charge on any atom is -0.389 e. The Morgan fingerprint density at radius 3 is 2.58 bits per heavy atom. The van der Waals surface area contributed by atoms with Crippen molar-refractivity contribution < 1.29 is 9.50 Å². The van der Waals surface area contributed by atoms with Crippen molar-refractivity contribution >= 4 is 5.69 Å². The first kappa shape index (κ1) is 14.3. The van der Waals surface area contributed by atoms with Crippen LogP contribution in [0.1, 0.15) is 45.8 Å². The van der Waals surface area contributed by atoms with Crippen LogP contribution in [-0.4, -0.2) is 18.2 Å². The highest BCUT2D eigenvalue weighted by Crippen LogP contribution is 2.38. The SMILES string of the molecule is C[C@@H](O)c1cccc(F)c1N1CCC(C(C)(C)C)C1. The highest BCUT2D eigenvalue weighted by atomic mass is 19.1. The van der Waals surface area contributed by atoms with E-state index >= 15 is 0 Å². The summed E-state index contributed by atoms with van der Waals surface area (Å²) in [6, 6.07) is 4.96. The van der Waals surface area contributed by atoms with Gasteiger partial charge in [0.1, 0.15) is 5.82 Å². The van der Waals surface area contributed by atoms with Crippen LogP contribution in [0.5, 0.6) is 0 Å². The maximum atomic E-state index is 14.1. The minimum atomic E-state index is -0.639. The van der Waals surface area contributed by atoms with E-state index in [1.807, 2.05) is 6.07 Å². The summed E-state index contributed by atoms with van der Waals surface area (Å²) >= 11 is 0. The fourth-order valence-electron chi connectivity index (χ4n) is 2.87. The van der Waals surface area contributed by atoms with Gasteiger partial charge in [0.2, 0.25) is 0 Å². The Bertz CT molecular complexity index is 451. The van der Waals surface area contributed by atoms with E-state index in [1.54, 1.807) is 13.0 Å². The van der Waals surface area contributed by atoms with Crippen molar-refractivity contribution in [2.45, 2.75) is 40.2 Å². The van der Waals surface area contributed by atoms with Crippen LogP contribution >= 0.6 is 0 Å². The molecule has 1 aliphatic rings. The molecule has 0 aromatic heterocycles. The largest absolute Gasteiger partial charge is 0.389 e. The second kappa shape index (κ2) is 5.12. The van der Waals surface area contributed by atoms with Gasteiger partial charge in [-0.05, 0) is 30.7 Å². The van der Waals surface area contributed by atoms with E-state index in [0.717, 1.165) is 19.5 Å². The normalized spacial score (nSPS) is 21.8. The molecule has 1 aromatic rings. The topological polar surface area (TPSA) is 23.5 Å². The zero-order chi connectivity index (χ0) is 14.2. The van der Waals surface area contributed by atoms with E-state index in [9.17, 15) is 9.50 Å². The zero-order valence-corrected chi connectivity index (χ0v) is 12.3. The molecule has 1 unspecified atom stereocenters. The van der Waals surface area contributed by atoms with E-state index in [-0.39, 0.29) is 11.2 Å². The number of hydrogen-bond donors (Lipinski definition) is 1. The van der Waals surface area contributed by atoms with E-state index in [0.29, 0.717) is 17.2 Å². The summed E-state index contributed by atoms with van der Waals surface area (Å²) in [6.07, 6.45) is 0.441. The van der Waals surface area contributed by atoms with E-state index in [4.69, 9.17) is 0 Å². The number of para-hydroxylation sites is 1. The number of benzene rings is 1. The van der Waals surface area contributed by atoms with Crippen LogP contribution in [0.3, 0.4) is 0 Å². The highest BCUT2D eigenvalue weighted by molar-refractivity contribution is 5.56. The number of nitrogens with zero attached hydrogens (tertiary/aromatic N) is 1. The molecular formula is C16H24FNO. The van der Waals surface area contributed by atoms with Gasteiger partial charge in [0.05, 0.1) is 11.8 Å². The average Bonchev–Trinajstić information content (AvgIpc) is 2.77. The molecule has 0 aliphatic carbocycles. The van der Waals surface area contributed by atoms with Gasteiger partial charge in [-0.1, -0.05) is 32.9 Å². The molecule has 1 saturated heterocycles. The van der Waals surface area contributed by atoms with Crippen molar-refractivity contribution in [1.29, 1.82) is 0 Å². The molecule has 2 rings (SSSR count). The molecule has 2 nitrogen and oxygen atoms in total. The van der Waals surface area contributed by atoms with E-state index in [1.165, 1.54) is 6.07 Å². The van der Waals surface area contributed by atoms with Crippen molar-refractivity contribution in [3.63, 3.8) is 0 Å². The quantitative estimate of drug-likeness (QED) is 0.880. The summed E-state index contributed by atoms with van der Waals surface area (Å²) in [6.45, 7) is 10.1. The van der Waals surface area contributed by atoms with Crippen molar-refractivity contribution in [3.05, 3.63) is 29.6 Å². The van der Waals surface area contributed by atoms with Gasteiger partial charge >= 0.3 is 0 Å². The number of anilines is 1. The predicted octanol–water partition coefficient (Wildman–Crippen LogP) is 3.75. The molecule has 1 aliphatic heterocycles. The Morgan fingerprint density at radius 2 is 2.05 bits per heavy atom. The third kappa shape index (κ3) is 2.92. The third-order valence-electron chi connectivity index (χ3n) is 4.20. The Morgan fingerprint density at radius 1 is 1.37 bits per heavy atom. The lowest BCUT2D eigenvalue weighted by Gasteiger charge is -2.28. The molecule has 3 heteroatoms. The Labute approximate surface area is 115 Å². The van der Waals surface area contributed by atoms with Gasteiger partial charge < -0.3 is 10.0 Å². The first-order chi connectivity index (χ1) is 8.80. The molecule has 19 heavy (non-hydrogen) atoms. The fraction of sp³-hybridized carbons (Fsp3) is 0.625. The maximum Gasteiger partial charge on any atom is 0.146 e. The van der Waals surface area contributed by atoms with Gasteiger partial charge in [-0.3, -0.25) is 0 Å². The summed E-state index contributed by atoms with van der Waals surface area (Å²) in [5.74, 6) is 0.335. The summed E-state index contributed by atoms with van der Waals surface area (Å²) in [7, 11) is 0. The van der Waals surface area contributed by atoms with E-state index in [2.05, 4.69) is 25.7 Å². The second-order valence-electron chi connectivity index (χ2n) is 6.65. The lowest BCUT2D eigenvalue weighted by Crippen LogP contribution is -2.27. The highest BCUT2D eigenvalue weighted by Gasteiger charge is 2.33. The molecule has 1 heterocycles. The standard InChI is InChI=1S/C16H24FNO/c1-11(19)13-6-5-7-14(17)15(13)18-9-8-12(10-18)16(2,3)4/h5-7,11-12,19H,8-10H2,1-4H3/t11-,12?/m1/s1. The van der Waals surface area contributed by atoms with Gasteiger partial charge in [0.15, 0.2) is 0 Å². The van der Waals surface area contributed by atoms with Crippen LogP contribution in [0.15, 0.2) is 18.2 Å². The van der Waals surface area contributed by atoms with Crippen LogP contribution in [0.25, 0.3) is 0 Å². The lowest BCUT2D eigenvalue weighted by atomic mass is 9.80. The smallest absolute Gasteiger partial charge is 0.146 e. The van der Waals surface area contributed by atoms with Crippen LogP contribution in [0.2, 0.25) is 0 Å². The van der Waals surface area contributed by atoms with Gasteiger partial charge in [-0.25, -0.2) is 4.39 Å². The van der Waals surface area contributed by atoms with Crippen molar-refractivity contribution in [2.75, 3.05) is 18.0 Å². The molecule has 0 radical (unpaired) electrons. The predicted molar refractivity (Wildman–Crippen MR) is 76.8 cm³/mol. The Hall–Kier alpha value is -1.09. The molecule has 0 amide bonds. The molecule has 0 spiro atoms. The molecule has 2 atom stereocenters. The Balaban J connectivity index is 2.29. The number of halogens is 1. The van der Waals surface area contributed by atoms with Gasteiger partial charge in [-0.2, -0.15) is 0 Å². The molecule has 1 aromatic carbocycles. The Kier molecular flexibility index (Phi) is 3.86. The number of aliphatic hydroxyl groups excluding tert-OH is 1. The fourth-order valence-corrected chi connectivity index (χ4v) is 2.87.